The summed E-state index contributed by atoms with van der Waals surface area (Å²) in [5, 5.41) is 0. The Morgan fingerprint density at radius 3 is 2.32 bits per heavy atom. The fraction of sp³-hybridized carbons (Fsp3) is 0.619. The van der Waals surface area contributed by atoms with Gasteiger partial charge in [-0.15, -0.1) is 0 Å². The molecule has 7 heteroatoms. The largest absolute Gasteiger partial charge is 0.478 e. The molecule has 7 nitrogen and oxygen atoms in total. The molecule has 1 fully saturated rings. The van der Waals surface area contributed by atoms with E-state index in [0.717, 1.165) is 0 Å². The van der Waals surface area contributed by atoms with E-state index in [-0.39, 0.29) is 12.0 Å². The second-order valence-electron chi connectivity index (χ2n) is 9.12. The van der Waals surface area contributed by atoms with Crippen LogP contribution >= 0.6 is 0 Å². The third-order valence-corrected chi connectivity index (χ3v) is 4.06. The van der Waals surface area contributed by atoms with Crippen molar-refractivity contribution in [3.8, 4) is 5.75 Å². The molecule has 0 aliphatic carbocycles. The number of nitrogens with zero attached hydrogens (tertiary/aromatic N) is 1. The molecule has 1 unspecified atom stereocenters. The molecule has 0 aromatic heterocycles. The average Bonchev–Trinajstić information content (AvgIpc) is 2.99. The fourth-order valence-corrected chi connectivity index (χ4v) is 2.96. The van der Waals surface area contributed by atoms with Crippen molar-refractivity contribution < 1.29 is 23.8 Å². The van der Waals surface area contributed by atoms with E-state index in [2.05, 4.69) is 0 Å². The molecule has 1 aliphatic rings. The third kappa shape index (κ3) is 6.62. The van der Waals surface area contributed by atoms with Crippen LogP contribution in [0.4, 0.5) is 10.5 Å². The highest BCUT2D eigenvalue weighted by Crippen LogP contribution is 2.28. The van der Waals surface area contributed by atoms with Crippen molar-refractivity contribution in [1.29, 1.82) is 0 Å². The summed E-state index contributed by atoms with van der Waals surface area (Å²) < 4.78 is 17.0. The number of rotatable bonds is 4. The SMILES string of the molecule is CC(C)(C)OC(=O)C(Oc1cccc(N)c1)[C@H]1CCN(C(=O)OC(C)(C)C)C1. The number of nitrogens with two attached hydrogens (primary N) is 1. The summed E-state index contributed by atoms with van der Waals surface area (Å²) in [6.07, 6.45) is -0.610. The van der Waals surface area contributed by atoms with Crippen LogP contribution in [0.25, 0.3) is 0 Å². The number of ether oxygens (including phenoxy) is 3. The molecule has 2 rings (SSSR count). The lowest BCUT2D eigenvalue weighted by molar-refractivity contribution is -0.166. The quantitative estimate of drug-likeness (QED) is 0.622. The number of hydrogen-bond donors (Lipinski definition) is 1. The lowest BCUT2D eigenvalue weighted by Gasteiger charge is -2.28. The molecule has 1 saturated heterocycles. The summed E-state index contributed by atoms with van der Waals surface area (Å²) in [5.74, 6) is -0.165. The second kappa shape index (κ2) is 8.29. The number of benzene rings is 1. The Kier molecular flexibility index (Phi) is 6.47. The molecule has 1 aromatic carbocycles. The Labute approximate surface area is 167 Å². The van der Waals surface area contributed by atoms with Crippen LogP contribution in [0.3, 0.4) is 0 Å². The number of anilines is 1. The number of likely N-dealkylation sites (tertiary alicyclic amines) is 1. The van der Waals surface area contributed by atoms with Gasteiger partial charge in [0.2, 0.25) is 0 Å². The molecule has 1 aliphatic heterocycles. The van der Waals surface area contributed by atoms with Gasteiger partial charge in [-0.2, -0.15) is 0 Å². The molecule has 2 atom stereocenters. The summed E-state index contributed by atoms with van der Waals surface area (Å²) in [7, 11) is 0. The van der Waals surface area contributed by atoms with Crippen molar-refractivity contribution >= 4 is 17.7 Å². The van der Waals surface area contributed by atoms with Gasteiger partial charge in [0.25, 0.3) is 0 Å². The molecule has 156 valence electrons. The number of nitrogen functional groups attached to an aromatic ring is 1. The lowest BCUT2D eigenvalue weighted by Crippen LogP contribution is -2.42. The minimum absolute atomic E-state index is 0.205. The molecule has 0 bridgehead atoms. The molecule has 1 aromatic rings. The molecule has 0 spiro atoms. The van der Waals surface area contributed by atoms with Crippen molar-refractivity contribution in [1.82, 2.24) is 4.90 Å². The van der Waals surface area contributed by atoms with E-state index >= 15 is 0 Å². The molecular formula is C21H32N2O5. The van der Waals surface area contributed by atoms with E-state index in [9.17, 15) is 9.59 Å². The zero-order valence-corrected chi connectivity index (χ0v) is 17.7. The minimum Gasteiger partial charge on any atom is -0.478 e. The molecule has 1 amide bonds. The zero-order valence-electron chi connectivity index (χ0n) is 17.7. The maximum atomic E-state index is 12.8. The van der Waals surface area contributed by atoms with Gasteiger partial charge in [0, 0.05) is 30.8 Å². The number of hydrogen-bond acceptors (Lipinski definition) is 6. The van der Waals surface area contributed by atoms with E-state index < -0.39 is 23.3 Å². The van der Waals surface area contributed by atoms with Gasteiger partial charge in [-0.1, -0.05) is 6.07 Å². The highest BCUT2D eigenvalue weighted by Gasteiger charge is 2.40. The van der Waals surface area contributed by atoms with E-state index in [1.807, 2.05) is 41.5 Å². The van der Waals surface area contributed by atoms with Crippen LogP contribution in [0.15, 0.2) is 24.3 Å². The second-order valence-corrected chi connectivity index (χ2v) is 9.12. The predicted molar refractivity (Wildman–Crippen MR) is 107 cm³/mol. The van der Waals surface area contributed by atoms with Crippen molar-refractivity contribution in [2.24, 2.45) is 5.92 Å². The zero-order chi connectivity index (χ0) is 21.1. The first-order valence-electron chi connectivity index (χ1n) is 9.57. The van der Waals surface area contributed by atoms with Gasteiger partial charge in [-0.05, 0) is 60.1 Å². The Balaban J connectivity index is 2.15. The van der Waals surface area contributed by atoms with Gasteiger partial charge in [0.05, 0.1) is 0 Å². The van der Waals surface area contributed by atoms with Gasteiger partial charge in [0.15, 0.2) is 6.10 Å². The Morgan fingerprint density at radius 1 is 1.11 bits per heavy atom. The van der Waals surface area contributed by atoms with Crippen LogP contribution in [-0.2, 0) is 14.3 Å². The van der Waals surface area contributed by atoms with E-state index in [1.54, 1.807) is 29.2 Å². The lowest BCUT2D eigenvalue weighted by atomic mass is 10.0. The fourth-order valence-electron chi connectivity index (χ4n) is 2.96. The minimum atomic E-state index is -0.839. The highest BCUT2D eigenvalue weighted by atomic mass is 16.6. The Hall–Kier alpha value is -2.44. The van der Waals surface area contributed by atoms with Crippen LogP contribution < -0.4 is 10.5 Å². The third-order valence-electron chi connectivity index (χ3n) is 4.06. The monoisotopic (exact) mass is 392 g/mol. The van der Waals surface area contributed by atoms with Crippen molar-refractivity contribution in [2.45, 2.75) is 65.3 Å². The summed E-state index contributed by atoms with van der Waals surface area (Å²) >= 11 is 0. The van der Waals surface area contributed by atoms with Crippen molar-refractivity contribution in [3.63, 3.8) is 0 Å². The molecule has 0 radical (unpaired) electrons. The van der Waals surface area contributed by atoms with Crippen molar-refractivity contribution in [2.75, 3.05) is 18.8 Å². The van der Waals surface area contributed by atoms with E-state index in [1.165, 1.54) is 0 Å². The number of esters is 1. The van der Waals surface area contributed by atoms with Crippen molar-refractivity contribution in [3.05, 3.63) is 24.3 Å². The number of carbonyl (C=O) groups excluding carboxylic acids is 2. The van der Waals surface area contributed by atoms with Gasteiger partial charge in [0.1, 0.15) is 17.0 Å². The maximum absolute atomic E-state index is 12.8. The van der Waals surface area contributed by atoms with Crippen LogP contribution in [-0.4, -0.2) is 47.4 Å². The normalized spacial score (nSPS) is 18.5. The van der Waals surface area contributed by atoms with Gasteiger partial charge >= 0.3 is 12.1 Å². The molecule has 0 saturated carbocycles. The van der Waals surface area contributed by atoms with Gasteiger partial charge < -0.3 is 24.8 Å². The summed E-state index contributed by atoms with van der Waals surface area (Å²) in [6, 6.07) is 6.92. The Morgan fingerprint density at radius 2 is 1.75 bits per heavy atom. The van der Waals surface area contributed by atoms with Gasteiger partial charge in [-0.25, -0.2) is 9.59 Å². The molecule has 2 N–H and O–H groups in total. The first kappa shape index (κ1) is 21.9. The van der Waals surface area contributed by atoms with E-state index in [4.69, 9.17) is 19.9 Å². The highest BCUT2D eigenvalue weighted by molar-refractivity contribution is 5.76. The van der Waals surface area contributed by atoms with Crippen LogP contribution in [0.1, 0.15) is 48.0 Å². The molecule has 1 heterocycles. The summed E-state index contributed by atoms with van der Waals surface area (Å²) in [6.45, 7) is 11.8. The predicted octanol–water partition coefficient (Wildman–Crippen LogP) is 3.61. The summed E-state index contributed by atoms with van der Waals surface area (Å²) in [5.41, 5.74) is 5.15. The van der Waals surface area contributed by atoms with Crippen LogP contribution in [0, 0.1) is 5.92 Å². The van der Waals surface area contributed by atoms with Crippen LogP contribution in [0.5, 0.6) is 5.75 Å². The van der Waals surface area contributed by atoms with Gasteiger partial charge in [-0.3, -0.25) is 0 Å². The first-order valence-corrected chi connectivity index (χ1v) is 9.57. The maximum Gasteiger partial charge on any atom is 0.410 e. The Bertz CT molecular complexity index is 705. The summed E-state index contributed by atoms with van der Waals surface area (Å²) in [4.78, 5) is 26.8. The topological polar surface area (TPSA) is 91.1 Å². The molecular weight excluding hydrogens is 360 g/mol. The first-order chi connectivity index (χ1) is 12.8. The van der Waals surface area contributed by atoms with Crippen LogP contribution in [0.2, 0.25) is 0 Å². The molecule has 28 heavy (non-hydrogen) atoms. The number of amides is 1. The average molecular weight is 392 g/mol. The number of carbonyl (C=O) groups is 2. The van der Waals surface area contributed by atoms with E-state index in [0.29, 0.717) is 30.9 Å². The smallest absolute Gasteiger partial charge is 0.410 e. The standard InChI is InChI=1S/C21H32N2O5/c1-20(2,3)27-18(24)17(26-16-9-7-8-15(22)12-16)14-10-11-23(13-14)19(25)28-21(4,5)6/h7-9,12,14,17H,10-11,13,22H2,1-6H3/t14-,17?/m0/s1.